The quantitative estimate of drug-likeness (QED) is 0.106. The Hall–Kier alpha value is -6.79. The maximum Gasteiger partial charge on any atom is 0.338 e. The average molecular weight is 863 g/mol. The van der Waals surface area contributed by atoms with Crippen molar-refractivity contribution in [2.24, 2.45) is 0 Å². The minimum absolute atomic E-state index is 0.0392. The summed E-state index contributed by atoms with van der Waals surface area (Å²) in [5.74, 6) is -4.67. The average Bonchev–Trinajstić information content (AvgIpc) is 3.33. The van der Waals surface area contributed by atoms with Crippen molar-refractivity contribution in [2.45, 2.75) is 61.4 Å². The lowest BCUT2D eigenvalue weighted by Gasteiger charge is -2.47. The van der Waals surface area contributed by atoms with Crippen LogP contribution in [0.2, 0.25) is 0 Å². The topological polar surface area (TPSA) is 220 Å². The maximum atomic E-state index is 13.9. The van der Waals surface area contributed by atoms with Gasteiger partial charge >= 0.3 is 29.8 Å². The third kappa shape index (κ3) is 10.8. The first-order valence-electron chi connectivity index (χ1n) is 19.8. The van der Waals surface area contributed by atoms with Gasteiger partial charge in [-0.15, -0.1) is 0 Å². The van der Waals surface area contributed by atoms with Gasteiger partial charge in [0.15, 0.2) is 37.0 Å². The van der Waals surface area contributed by atoms with E-state index in [2.05, 4.69) is 0 Å². The lowest BCUT2D eigenvalue weighted by Crippen LogP contribution is -2.66. The van der Waals surface area contributed by atoms with Gasteiger partial charge in [0.1, 0.15) is 31.0 Å². The fourth-order valence-electron chi connectivity index (χ4n) is 6.90. The van der Waals surface area contributed by atoms with Crippen LogP contribution in [0.1, 0.15) is 51.8 Å². The zero-order valence-electron chi connectivity index (χ0n) is 33.3. The van der Waals surface area contributed by atoms with Gasteiger partial charge in [0.25, 0.3) is 0 Å². The normalized spacial score (nSPS) is 25.4. The van der Waals surface area contributed by atoms with Crippen LogP contribution < -0.4 is 0 Å². The minimum atomic E-state index is -2.04. The number of ether oxygens (including phenoxy) is 8. The molecule has 0 aromatic heterocycles. The Morgan fingerprint density at radius 1 is 0.429 bits per heavy atom. The largest absolute Gasteiger partial charge is 0.459 e. The molecular formula is C47H42O16. The summed E-state index contributed by atoms with van der Waals surface area (Å²) < 4.78 is 47.6. The molecule has 2 aliphatic heterocycles. The van der Waals surface area contributed by atoms with Gasteiger partial charge in [0, 0.05) is 0 Å². The van der Waals surface area contributed by atoms with E-state index < -0.39 is 104 Å². The summed E-state index contributed by atoms with van der Waals surface area (Å²) in [6.07, 6.45) is -18.0. The van der Waals surface area contributed by atoms with E-state index in [9.17, 15) is 39.3 Å². The highest BCUT2D eigenvalue weighted by atomic mass is 16.8. The van der Waals surface area contributed by atoms with Crippen molar-refractivity contribution < 1.29 is 77.2 Å². The summed E-state index contributed by atoms with van der Waals surface area (Å²) >= 11 is 0. The maximum absolute atomic E-state index is 13.9. The fraction of sp³-hybridized carbons (Fsp3) is 0.255. The van der Waals surface area contributed by atoms with E-state index in [-0.39, 0.29) is 27.8 Å². The molecule has 5 aromatic rings. The lowest BCUT2D eigenvalue weighted by molar-refractivity contribution is -0.352. The van der Waals surface area contributed by atoms with Crippen LogP contribution in [0.5, 0.6) is 0 Å². The number of esters is 5. The molecule has 16 heteroatoms. The van der Waals surface area contributed by atoms with Crippen LogP contribution >= 0.6 is 0 Å². The minimum Gasteiger partial charge on any atom is -0.459 e. The molecule has 3 N–H and O–H groups in total. The van der Waals surface area contributed by atoms with Crippen molar-refractivity contribution >= 4 is 29.8 Å². The van der Waals surface area contributed by atoms with E-state index in [1.165, 1.54) is 60.7 Å². The zero-order chi connectivity index (χ0) is 44.3. The predicted octanol–water partition coefficient (Wildman–Crippen LogP) is 3.93. The number of aliphatic hydroxyl groups is 3. The molecule has 2 fully saturated rings. The summed E-state index contributed by atoms with van der Waals surface area (Å²) in [6.45, 7) is -1.56. The summed E-state index contributed by atoms with van der Waals surface area (Å²) in [5, 5.41) is 33.5. The number of carbonyl (C=O) groups excluding carboxylic acids is 5. The zero-order valence-corrected chi connectivity index (χ0v) is 33.3. The SMILES string of the molecule is O=C(OCC1O[C@@H](O)C(OC(=O)c2ccccc2)[C@@H](OC(=O)c2ccccc2)[C@@H]1O[C@@H]1OC(CO)[C@H](O)[C@H](OC(=O)c2ccccc2)C1OC(=O)c1ccccc1)c1ccccc1. The third-order valence-electron chi connectivity index (χ3n) is 10.1. The highest BCUT2D eigenvalue weighted by Gasteiger charge is 2.56. The highest BCUT2D eigenvalue weighted by Crippen LogP contribution is 2.35. The Bertz CT molecular complexity index is 2300. The van der Waals surface area contributed by atoms with Gasteiger partial charge < -0.3 is 53.2 Å². The standard InChI is InChI=1S/C47H42O16/c48-26-33-35(49)37(59-42(51)29-18-8-2-9-19-29)40(62-45(54)32-24-14-5-15-25-32)47(58-33)63-36-34(27-56-41(50)28-16-6-1-7-17-28)57-46(55)39(61-44(53)31-22-12-4-13-23-31)38(36)60-43(52)30-20-10-3-11-21-30/h1-25,33-40,46-49,55H,26-27H2/t33?,34?,35-,36+,37-,38-,39?,40?,46+,47-/m0/s1. The Kier molecular flexibility index (Phi) is 14.7. The number of aliphatic hydroxyl groups excluding tert-OH is 3. The lowest BCUT2D eigenvalue weighted by atomic mass is 9.96. The molecule has 0 amide bonds. The molecule has 2 aliphatic rings. The number of carbonyl (C=O) groups is 5. The second-order valence-corrected chi connectivity index (χ2v) is 14.3. The molecule has 2 heterocycles. The second kappa shape index (κ2) is 20.9. The van der Waals surface area contributed by atoms with Gasteiger partial charge in [-0.3, -0.25) is 0 Å². The van der Waals surface area contributed by atoms with Crippen LogP contribution in [0.3, 0.4) is 0 Å². The molecule has 10 atom stereocenters. The van der Waals surface area contributed by atoms with E-state index in [0.717, 1.165) is 0 Å². The van der Waals surface area contributed by atoms with Gasteiger partial charge in [0.2, 0.25) is 0 Å². The summed E-state index contributed by atoms with van der Waals surface area (Å²) in [4.78, 5) is 68.0. The molecule has 63 heavy (non-hydrogen) atoms. The third-order valence-corrected chi connectivity index (χ3v) is 10.1. The predicted molar refractivity (Wildman–Crippen MR) is 217 cm³/mol. The molecule has 0 spiro atoms. The first-order chi connectivity index (χ1) is 30.6. The molecule has 16 nitrogen and oxygen atoms in total. The fourth-order valence-corrected chi connectivity index (χ4v) is 6.90. The Labute approximate surface area is 360 Å². The van der Waals surface area contributed by atoms with Crippen LogP contribution in [-0.2, 0) is 37.9 Å². The van der Waals surface area contributed by atoms with Crippen LogP contribution in [-0.4, -0.2) is 120 Å². The molecule has 4 unspecified atom stereocenters. The van der Waals surface area contributed by atoms with Crippen LogP contribution in [0.25, 0.3) is 0 Å². The summed E-state index contributed by atoms with van der Waals surface area (Å²) in [7, 11) is 0. The van der Waals surface area contributed by atoms with Gasteiger partial charge in [-0.1, -0.05) is 91.0 Å². The van der Waals surface area contributed by atoms with Crippen molar-refractivity contribution in [3.05, 3.63) is 179 Å². The first kappa shape index (κ1) is 44.3. The van der Waals surface area contributed by atoms with Crippen molar-refractivity contribution in [3.63, 3.8) is 0 Å². The van der Waals surface area contributed by atoms with Crippen LogP contribution in [0, 0.1) is 0 Å². The number of rotatable bonds is 14. The molecule has 326 valence electrons. The van der Waals surface area contributed by atoms with E-state index in [1.54, 1.807) is 91.0 Å². The molecule has 0 saturated carbocycles. The van der Waals surface area contributed by atoms with E-state index in [1.807, 2.05) is 0 Å². The van der Waals surface area contributed by atoms with Crippen LogP contribution in [0.15, 0.2) is 152 Å². The molecule has 7 rings (SSSR count). The monoisotopic (exact) mass is 862 g/mol. The molecule has 0 aliphatic carbocycles. The Morgan fingerprint density at radius 2 is 0.794 bits per heavy atom. The number of benzene rings is 5. The van der Waals surface area contributed by atoms with Crippen LogP contribution in [0.4, 0.5) is 0 Å². The van der Waals surface area contributed by atoms with E-state index in [4.69, 9.17) is 37.9 Å². The van der Waals surface area contributed by atoms with Gasteiger partial charge in [-0.25, -0.2) is 24.0 Å². The van der Waals surface area contributed by atoms with Crippen molar-refractivity contribution in [3.8, 4) is 0 Å². The van der Waals surface area contributed by atoms with Crippen molar-refractivity contribution in [2.75, 3.05) is 13.2 Å². The molecule has 0 bridgehead atoms. The number of hydrogen-bond acceptors (Lipinski definition) is 16. The summed E-state index contributed by atoms with van der Waals surface area (Å²) in [5.41, 5.74) is 0.353. The smallest absolute Gasteiger partial charge is 0.338 e. The highest BCUT2D eigenvalue weighted by molar-refractivity contribution is 5.92. The van der Waals surface area contributed by atoms with Gasteiger partial charge in [0.05, 0.1) is 34.4 Å². The van der Waals surface area contributed by atoms with Gasteiger partial charge in [-0.05, 0) is 60.7 Å². The Balaban J connectivity index is 1.30. The second-order valence-electron chi connectivity index (χ2n) is 14.3. The number of hydrogen-bond donors (Lipinski definition) is 3. The molecule has 0 radical (unpaired) electrons. The molecule has 5 aromatic carbocycles. The summed E-state index contributed by atoms with van der Waals surface area (Å²) in [6, 6.07) is 38.7. The van der Waals surface area contributed by atoms with Crippen molar-refractivity contribution in [1.82, 2.24) is 0 Å². The van der Waals surface area contributed by atoms with E-state index in [0.29, 0.717) is 0 Å². The Morgan fingerprint density at radius 3 is 1.21 bits per heavy atom. The molecule has 2 saturated heterocycles. The van der Waals surface area contributed by atoms with E-state index >= 15 is 0 Å². The molecular weight excluding hydrogens is 821 g/mol. The first-order valence-corrected chi connectivity index (χ1v) is 19.8. The van der Waals surface area contributed by atoms with Gasteiger partial charge in [-0.2, -0.15) is 0 Å². The van der Waals surface area contributed by atoms with Crippen molar-refractivity contribution in [1.29, 1.82) is 0 Å².